The molecule has 130 valence electrons. The predicted octanol–water partition coefficient (Wildman–Crippen LogP) is 2.56. The number of hydrogen-bond donors (Lipinski definition) is 2. The minimum Gasteiger partial charge on any atom is -0.339 e. The summed E-state index contributed by atoms with van der Waals surface area (Å²) in [6.07, 6.45) is 4.69. The van der Waals surface area contributed by atoms with Crippen LogP contribution in [0.25, 0.3) is 0 Å². The topological polar surface area (TPSA) is 61.4 Å². The molecule has 0 aliphatic carbocycles. The molecule has 2 fully saturated rings. The number of nitrogens with one attached hydrogen (secondary N) is 2. The summed E-state index contributed by atoms with van der Waals surface area (Å²) in [5, 5.41) is 6.30. The second-order valence-corrected chi connectivity index (χ2v) is 6.94. The molecule has 1 aromatic carbocycles. The van der Waals surface area contributed by atoms with Gasteiger partial charge in [0.2, 0.25) is 5.91 Å². The highest BCUT2D eigenvalue weighted by Crippen LogP contribution is 2.24. The number of nitrogens with zero attached hydrogens (tertiary/aromatic N) is 1. The van der Waals surface area contributed by atoms with E-state index in [1.165, 1.54) is 0 Å². The summed E-state index contributed by atoms with van der Waals surface area (Å²) in [4.78, 5) is 27.0. The number of rotatable bonds is 5. The van der Waals surface area contributed by atoms with Crippen LogP contribution >= 0.6 is 0 Å². The Kier molecular flexibility index (Phi) is 5.51. The lowest BCUT2D eigenvalue weighted by Gasteiger charge is -2.20. The molecule has 2 N–H and O–H groups in total. The van der Waals surface area contributed by atoms with E-state index in [0.29, 0.717) is 23.6 Å². The van der Waals surface area contributed by atoms with E-state index in [9.17, 15) is 9.59 Å². The van der Waals surface area contributed by atoms with Crippen LogP contribution in [-0.4, -0.2) is 42.9 Å². The Labute approximate surface area is 143 Å². The van der Waals surface area contributed by atoms with Gasteiger partial charge in [0.15, 0.2) is 0 Å². The van der Waals surface area contributed by atoms with Crippen LogP contribution in [0.2, 0.25) is 0 Å². The highest BCUT2D eigenvalue weighted by atomic mass is 16.2. The van der Waals surface area contributed by atoms with Crippen LogP contribution in [-0.2, 0) is 4.79 Å². The van der Waals surface area contributed by atoms with Gasteiger partial charge in [-0.05, 0) is 63.2 Å². The molecule has 5 heteroatoms. The number of benzene rings is 1. The zero-order valence-electron chi connectivity index (χ0n) is 14.4. The minimum atomic E-state index is 0.00275. The average molecular weight is 329 g/mol. The molecule has 0 saturated carbocycles. The molecule has 0 aromatic heterocycles. The molecule has 2 aliphatic heterocycles. The van der Waals surface area contributed by atoms with Crippen molar-refractivity contribution >= 4 is 17.5 Å². The molecule has 1 atom stereocenters. The van der Waals surface area contributed by atoms with E-state index >= 15 is 0 Å². The van der Waals surface area contributed by atoms with Crippen molar-refractivity contribution in [2.45, 2.75) is 39.0 Å². The third-order valence-electron chi connectivity index (χ3n) is 5.10. The molecule has 24 heavy (non-hydrogen) atoms. The second kappa shape index (κ2) is 7.79. The van der Waals surface area contributed by atoms with Crippen LogP contribution in [0.15, 0.2) is 18.2 Å². The zero-order valence-corrected chi connectivity index (χ0v) is 14.4. The lowest BCUT2D eigenvalue weighted by molar-refractivity contribution is -0.116. The van der Waals surface area contributed by atoms with Gasteiger partial charge in [-0.25, -0.2) is 0 Å². The fraction of sp³-hybridized carbons (Fsp3) is 0.579. The number of carbonyl (C=O) groups is 2. The summed E-state index contributed by atoms with van der Waals surface area (Å²) < 4.78 is 0. The monoisotopic (exact) mass is 329 g/mol. The van der Waals surface area contributed by atoms with E-state index in [2.05, 4.69) is 10.6 Å². The van der Waals surface area contributed by atoms with Gasteiger partial charge >= 0.3 is 0 Å². The first-order chi connectivity index (χ1) is 11.6. The number of amides is 2. The summed E-state index contributed by atoms with van der Waals surface area (Å²) in [6.45, 7) is 5.63. The summed E-state index contributed by atoms with van der Waals surface area (Å²) in [5.74, 6) is 0.642. The fourth-order valence-electron chi connectivity index (χ4n) is 3.64. The van der Waals surface area contributed by atoms with Gasteiger partial charge in [0.1, 0.15) is 0 Å². The van der Waals surface area contributed by atoms with Crippen molar-refractivity contribution in [1.82, 2.24) is 10.2 Å². The number of hydrogen-bond acceptors (Lipinski definition) is 3. The van der Waals surface area contributed by atoms with Crippen LogP contribution < -0.4 is 10.6 Å². The first kappa shape index (κ1) is 17.0. The Morgan fingerprint density at radius 1 is 1.29 bits per heavy atom. The van der Waals surface area contributed by atoms with Crippen molar-refractivity contribution in [2.75, 3.05) is 31.5 Å². The van der Waals surface area contributed by atoms with Crippen LogP contribution in [0.1, 0.15) is 48.0 Å². The Hall–Kier alpha value is -1.88. The Morgan fingerprint density at radius 3 is 2.79 bits per heavy atom. The van der Waals surface area contributed by atoms with Crippen LogP contribution in [0, 0.1) is 12.8 Å². The number of likely N-dealkylation sites (tertiary alicyclic amines) is 1. The summed E-state index contributed by atoms with van der Waals surface area (Å²) in [7, 11) is 0. The Balaban J connectivity index is 1.66. The molecule has 2 heterocycles. The SMILES string of the molecule is Cc1cccc(NC(=O)CCC2CCNC2)c1C(=O)N1CCCC1. The maximum absolute atomic E-state index is 12.8. The van der Waals surface area contributed by atoms with Crippen LogP contribution in [0.3, 0.4) is 0 Å². The first-order valence-electron chi connectivity index (χ1n) is 9.04. The van der Waals surface area contributed by atoms with Crippen molar-refractivity contribution < 1.29 is 9.59 Å². The van der Waals surface area contributed by atoms with Crippen LogP contribution in [0.4, 0.5) is 5.69 Å². The Morgan fingerprint density at radius 2 is 2.08 bits per heavy atom. The van der Waals surface area contributed by atoms with Gasteiger partial charge in [0, 0.05) is 19.5 Å². The maximum Gasteiger partial charge on any atom is 0.256 e. The highest BCUT2D eigenvalue weighted by molar-refractivity contribution is 6.04. The van der Waals surface area contributed by atoms with E-state index in [4.69, 9.17) is 0 Å². The van der Waals surface area contributed by atoms with E-state index in [1.807, 2.05) is 30.0 Å². The number of carbonyl (C=O) groups excluding carboxylic acids is 2. The first-order valence-corrected chi connectivity index (χ1v) is 9.04. The van der Waals surface area contributed by atoms with Crippen molar-refractivity contribution in [3.63, 3.8) is 0 Å². The lowest BCUT2D eigenvalue weighted by Crippen LogP contribution is -2.29. The molecule has 1 aromatic rings. The van der Waals surface area contributed by atoms with E-state index in [0.717, 1.165) is 57.4 Å². The van der Waals surface area contributed by atoms with Gasteiger partial charge in [-0.15, -0.1) is 0 Å². The standard InChI is InChI=1S/C19H27N3O2/c1-14-5-4-6-16(18(14)19(24)22-11-2-3-12-22)21-17(23)8-7-15-9-10-20-13-15/h4-6,15,20H,2-3,7-13H2,1H3,(H,21,23). The molecule has 0 spiro atoms. The molecule has 2 amide bonds. The van der Waals surface area contributed by atoms with Gasteiger partial charge in [0.25, 0.3) is 5.91 Å². The lowest BCUT2D eigenvalue weighted by atomic mass is 10.0. The molecular formula is C19H27N3O2. The smallest absolute Gasteiger partial charge is 0.256 e. The van der Waals surface area contributed by atoms with E-state index in [-0.39, 0.29) is 11.8 Å². The number of aryl methyl sites for hydroxylation is 1. The molecule has 2 aliphatic rings. The van der Waals surface area contributed by atoms with E-state index in [1.54, 1.807) is 0 Å². The quantitative estimate of drug-likeness (QED) is 0.873. The minimum absolute atomic E-state index is 0.00275. The van der Waals surface area contributed by atoms with Crippen LogP contribution in [0.5, 0.6) is 0 Å². The second-order valence-electron chi connectivity index (χ2n) is 6.94. The van der Waals surface area contributed by atoms with Gasteiger partial charge in [-0.2, -0.15) is 0 Å². The fourth-order valence-corrected chi connectivity index (χ4v) is 3.64. The van der Waals surface area contributed by atoms with Crippen molar-refractivity contribution in [2.24, 2.45) is 5.92 Å². The number of anilines is 1. The largest absolute Gasteiger partial charge is 0.339 e. The third kappa shape index (κ3) is 3.96. The predicted molar refractivity (Wildman–Crippen MR) is 95.2 cm³/mol. The average Bonchev–Trinajstić information content (AvgIpc) is 3.26. The maximum atomic E-state index is 12.8. The normalized spacial score (nSPS) is 20.4. The van der Waals surface area contributed by atoms with Crippen molar-refractivity contribution in [1.29, 1.82) is 0 Å². The molecular weight excluding hydrogens is 302 g/mol. The zero-order chi connectivity index (χ0) is 16.9. The van der Waals surface area contributed by atoms with Crippen molar-refractivity contribution in [3.05, 3.63) is 29.3 Å². The van der Waals surface area contributed by atoms with E-state index < -0.39 is 0 Å². The van der Waals surface area contributed by atoms with Gasteiger partial charge < -0.3 is 15.5 Å². The highest BCUT2D eigenvalue weighted by Gasteiger charge is 2.24. The molecule has 3 rings (SSSR count). The molecule has 0 radical (unpaired) electrons. The summed E-state index contributed by atoms with van der Waals surface area (Å²) >= 11 is 0. The molecule has 2 saturated heterocycles. The van der Waals surface area contributed by atoms with Gasteiger partial charge in [-0.1, -0.05) is 12.1 Å². The van der Waals surface area contributed by atoms with Gasteiger partial charge in [-0.3, -0.25) is 9.59 Å². The Bertz CT molecular complexity index is 603. The third-order valence-corrected chi connectivity index (χ3v) is 5.10. The summed E-state index contributed by atoms with van der Waals surface area (Å²) in [6, 6.07) is 5.67. The molecule has 1 unspecified atom stereocenters. The van der Waals surface area contributed by atoms with Crippen molar-refractivity contribution in [3.8, 4) is 0 Å². The summed E-state index contributed by atoms with van der Waals surface area (Å²) in [5.41, 5.74) is 2.22. The molecule has 0 bridgehead atoms. The van der Waals surface area contributed by atoms with Gasteiger partial charge in [0.05, 0.1) is 11.3 Å². The molecule has 5 nitrogen and oxygen atoms in total.